The number of nitrogen functional groups attached to an aromatic ring is 1. The summed E-state index contributed by atoms with van der Waals surface area (Å²) in [6.45, 7) is 0. The maximum atomic E-state index is 14.2. The van der Waals surface area contributed by atoms with E-state index >= 15 is 0 Å². The Bertz CT molecular complexity index is 1350. The fraction of sp³-hybridized carbons (Fsp3) is 0.174. The number of hydrogen-bond donors (Lipinski definition) is 2. The Hall–Kier alpha value is -2.16. The number of amides is 1. The van der Waals surface area contributed by atoms with E-state index in [1.165, 1.54) is 18.2 Å². The highest BCUT2D eigenvalue weighted by Crippen LogP contribution is 2.65. The van der Waals surface area contributed by atoms with Crippen molar-refractivity contribution in [2.75, 3.05) is 11.1 Å². The Kier molecular flexibility index (Phi) is 7.19. The number of nitrogens with two attached hydrogens (primary N) is 1. The van der Waals surface area contributed by atoms with Gasteiger partial charge in [-0.05, 0) is 42.0 Å². The molecule has 35 heavy (non-hydrogen) atoms. The van der Waals surface area contributed by atoms with E-state index in [4.69, 9.17) is 63.7 Å². The van der Waals surface area contributed by atoms with Gasteiger partial charge in [-0.2, -0.15) is 0 Å². The smallest absolute Gasteiger partial charge is 0.231 e. The summed E-state index contributed by atoms with van der Waals surface area (Å²) in [4.78, 5) is 29.3. The summed E-state index contributed by atoms with van der Waals surface area (Å²) in [5, 5.41) is 3.46. The fourth-order valence-electron chi connectivity index (χ4n) is 3.75. The minimum absolute atomic E-state index is 0.00876. The molecule has 12 heteroatoms. The molecule has 0 spiro atoms. The van der Waals surface area contributed by atoms with Crippen LogP contribution in [0, 0.1) is 17.6 Å². The molecule has 0 bridgehead atoms. The van der Waals surface area contributed by atoms with Crippen LogP contribution in [0.2, 0.25) is 15.1 Å². The highest BCUT2D eigenvalue weighted by molar-refractivity contribution is 6.53. The second-order valence-electron chi connectivity index (χ2n) is 7.90. The molecular weight excluding hydrogens is 566 g/mol. The van der Waals surface area contributed by atoms with Gasteiger partial charge in [-0.15, -0.1) is 23.2 Å². The lowest BCUT2D eigenvalue weighted by Gasteiger charge is -2.10. The van der Waals surface area contributed by atoms with Crippen LogP contribution in [0.5, 0.6) is 0 Å². The van der Waals surface area contributed by atoms with Crippen molar-refractivity contribution in [2.24, 2.45) is 5.92 Å². The number of nitrogens with zero attached hydrogens (tertiary/aromatic N) is 1. The third kappa shape index (κ3) is 5.20. The Morgan fingerprint density at radius 2 is 1.71 bits per heavy atom. The molecule has 2 aromatic carbocycles. The Morgan fingerprint density at radius 3 is 2.37 bits per heavy atom. The zero-order valence-electron chi connectivity index (χ0n) is 17.4. The van der Waals surface area contributed by atoms with E-state index in [0.717, 1.165) is 6.20 Å². The summed E-state index contributed by atoms with van der Waals surface area (Å²) in [5.41, 5.74) is 5.07. The fourth-order valence-corrected chi connectivity index (χ4v) is 5.34. The first-order valence-electron chi connectivity index (χ1n) is 9.96. The van der Waals surface area contributed by atoms with Gasteiger partial charge in [-0.3, -0.25) is 14.6 Å². The van der Waals surface area contributed by atoms with E-state index in [2.05, 4.69) is 10.3 Å². The molecule has 0 unspecified atom stereocenters. The summed E-state index contributed by atoms with van der Waals surface area (Å²) in [6.07, 6.45) is 0.198. The van der Waals surface area contributed by atoms with Crippen LogP contribution in [0.1, 0.15) is 27.5 Å². The molecule has 1 aliphatic carbocycles. The molecule has 4 rings (SSSR count). The van der Waals surface area contributed by atoms with Gasteiger partial charge in [-0.25, -0.2) is 8.78 Å². The molecule has 0 radical (unpaired) electrons. The predicted octanol–water partition coefficient (Wildman–Crippen LogP) is 6.85. The lowest BCUT2D eigenvalue weighted by molar-refractivity contribution is -0.117. The standard InChI is InChI=1S/C23H14Cl5F2N3O2/c24-10-3-9(4-11(25)5-10)18-19(23(18,27)28)22(35)33-12-1-2-14(26)13(6-12)17(34)7-16-20(30)21(31)15(29)8-32-16/h1-6,8,18-19H,7H2,(H2,31,32)(H,33,35)/t18-,19+/m0/s1. The maximum absolute atomic E-state index is 14.2. The van der Waals surface area contributed by atoms with Gasteiger partial charge in [0.05, 0.1) is 29.3 Å². The van der Waals surface area contributed by atoms with Crippen LogP contribution < -0.4 is 11.1 Å². The van der Waals surface area contributed by atoms with Crippen LogP contribution in [0.3, 0.4) is 0 Å². The van der Waals surface area contributed by atoms with Crippen LogP contribution in [0.15, 0.2) is 42.6 Å². The van der Waals surface area contributed by atoms with E-state index in [-0.39, 0.29) is 22.0 Å². The molecular formula is C23H14Cl5F2N3O2. The number of nitrogens with one attached hydrogen (secondary N) is 1. The van der Waals surface area contributed by atoms with Crippen molar-refractivity contribution in [3.05, 3.63) is 86.1 Å². The summed E-state index contributed by atoms with van der Waals surface area (Å²) in [7, 11) is 0. The normalized spacial score (nSPS) is 18.3. The van der Waals surface area contributed by atoms with Crippen molar-refractivity contribution in [3.8, 4) is 0 Å². The predicted molar refractivity (Wildman–Crippen MR) is 134 cm³/mol. The number of benzene rings is 2. The number of Topliss-reactive ketones (excluding diaryl/α,β-unsaturated/α-hetero) is 1. The SMILES string of the molecule is Nc1c(F)cnc(CC(=O)c2cc(NC(=O)[C@H]3[C@H](c4cc(Cl)cc(Cl)c4)C3(Cl)Cl)ccc2Cl)c1F. The lowest BCUT2D eigenvalue weighted by Crippen LogP contribution is -2.17. The quantitative estimate of drug-likeness (QED) is 0.247. The van der Waals surface area contributed by atoms with Gasteiger partial charge in [0.1, 0.15) is 10.0 Å². The number of hydrogen-bond acceptors (Lipinski definition) is 4. The monoisotopic (exact) mass is 577 g/mol. The first kappa shape index (κ1) is 25.9. The van der Waals surface area contributed by atoms with Crippen LogP contribution in [-0.4, -0.2) is 21.0 Å². The Balaban J connectivity index is 1.52. The number of alkyl halides is 2. The van der Waals surface area contributed by atoms with Crippen molar-refractivity contribution in [2.45, 2.75) is 16.7 Å². The molecule has 5 nitrogen and oxygen atoms in total. The molecule has 0 saturated heterocycles. The third-order valence-corrected chi connectivity index (χ3v) is 7.23. The maximum Gasteiger partial charge on any atom is 0.231 e. The van der Waals surface area contributed by atoms with Gasteiger partial charge < -0.3 is 11.1 Å². The van der Waals surface area contributed by atoms with Gasteiger partial charge in [0.25, 0.3) is 0 Å². The summed E-state index contributed by atoms with van der Waals surface area (Å²) >= 11 is 31.0. The first-order chi connectivity index (χ1) is 16.4. The highest BCUT2D eigenvalue weighted by atomic mass is 35.5. The Labute approximate surface area is 223 Å². The van der Waals surface area contributed by atoms with E-state index < -0.39 is 51.6 Å². The molecule has 1 aromatic heterocycles. The van der Waals surface area contributed by atoms with Crippen LogP contribution in [0.4, 0.5) is 20.2 Å². The van der Waals surface area contributed by atoms with Crippen molar-refractivity contribution < 1.29 is 18.4 Å². The van der Waals surface area contributed by atoms with Gasteiger partial charge in [0.2, 0.25) is 5.91 Å². The number of halogens is 7. The zero-order valence-corrected chi connectivity index (χ0v) is 21.2. The molecule has 1 heterocycles. The van der Waals surface area contributed by atoms with Crippen LogP contribution in [-0.2, 0) is 11.2 Å². The van der Waals surface area contributed by atoms with E-state index in [9.17, 15) is 18.4 Å². The first-order valence-corrected chi connectivity index (χ1v) is 11.8. The van der Waals surface area contributed by atoms with Gasteiger partial charge >= 0.3 is 0 Å². The molecule has 1 fully saturated rings. The largest absolute Gasteiger partial charge is 0.394 e. The van der Waals surface area contributed by atoms with Crippen molar-refractivity contribution in [3.63, 3.8) is 0 Å². The molecule has 3 N–H and O–H groups in total. The molecule has 0 aliphatic heterocycles. The van der Waals surface area contributed by atoms with Gasteiger partial charge in [0, 0.05) is 27.2 Å². The van der Waals surface area contributed by atoms with Gasteiger partial charge in [-0.1, -0.05) is 34.8 Å². The van der Waals surface area contributed by atoms with Gasteiger partial charge in [0.15, 0.2) is 17.4 Å². The van der Waals surface area contributed by atoms with Crippen LogP contribution in [0.25, 0.3) is 0 Å². The molecule has 1 amide bonds. The van der Waals surface area contributed by atoms with Crippen molar-refractivity contribution >= 4 is 81.1 Å². The molecule has 3 aromatic rings. The van der Waals surface area contributed by atoms with E-state index in [1.807, 2.05) is 0 Å². The van der Waals surface area contributed by atoms with Crippen LogP contribution >= 0.6 is 58.0 Å². The zero-order chi connectivity index (χ0) is 25.7. The van der Waals surface area contributed by atoms with E-state index in [0.29, 0.717) is 15.6 Å². The summed E-state index contributed by atoms with van der Waals surface area (Å²) in [6, 6.07) is 8.98. The van der Waals surface area contributed by atoms with Crippen molar-refractivity contribution in [1.82, 2.24) is 4.98 Å². The molecule has 182 valence electrons. The number of carbonyl (C=O) groups excluding carboxylic acids is 2. The summed E-state index contributed by atoms with van der Waals surface area (Å²) in [5.74, 6) is -4.67. The highest BCUT2D eigenvalue weighted by Gasteiger charge is 2.67. The third-order valence-electron chi connectivity index (χ3n) is 5.52. The number of anilines is 2. The number of pyridine rings is 1. The minimum Gasteiger partial charge on any atom is -0.394 e. The average molecular weight is 580 g/mol. The number of aromatic nitrogens is 1. The molecule has 1 aliphatic rings. The number of carbonyl (C=O) groups is 2. The molecule has 1 saturated carbocycles. The molecule has 2 atom stereocenters. The minimum atomic E-state index is -1.39. The average Bonchev–Trinajstić information content (AvgIpc) is 3.36. The Morgan fingerprint density at radius 1 is 1.06 bits per heavy atom. The number of rotatable bonds is 6. The lowest BCUT2D eigenvalue weighted by atomic mass is 10.0. The van der Waals surface area contributed by atoms with Crippen molar-refractivity contribution in [1.29, 1.82) is 0 Å². The number of ketones is 1. The second kappa shape index (κ2) is 9.71. The van der Waals surface area contributed by atoms with E-state index in [1.54, 1.807) is 18.2 Å². The summed E-state index contributed by atoms with van der Waals surface area (Å²) < 4.78 is 26.1. The topological polar surface area (TPSA) is 85.1 Å². The second-order valence-corrected chi connectivity index (χ2v) is 10.6.